The summed E-state index contributed by atoms with van der Waals surface area (Å²) in [6.45, 7) is 4.70. The molecule has 2 saturated heterocycles. The third-order valence-electron chi connectivity index (χ3n) is 6.47. The van der Waals surface area contributed by atoms with Crippen LogP contribution in [0.15, 0.2) is 18.6 Å². The van der Waals surface area contributed by atoms with Crippen molar-refractivity contribution >= 4 is 36.3 Å². The first-order valence-corrected chi connectivity index (χ1v) is 13.3. The minimum Gasteiger partial charge on any atom is -0.355 e. The predicted octanol–water partition coefficient (Wildman–Crippen LogP) is 3.69. The fraction of sp³-hybridized carbons (Fsp3) is 0.600. The number of piperidine rings is 1. The van der Waals surface area contributed by atoms with Crippen molar-refractivity contribution in [3.8, 4) is 0 Å². The molecule has 8 nitrogen and oxygen atoms in total. The second-order valence-electron chi connectivity index (χ2n) is 8.64. The highest BCUT2D eigenvalue weighted by molar-refractivity contribution is 7.42. The van der Waals surface area contributed by atoms with Crippen molar-refractivity contribution in [3.63, 3.8) is 0 Å². The van der Waals surface area contributed by atoms with E-state index in [-0.39, 0.29) is 5.41 Å². The molecule has 1 unspecified atom stereocenters. The van der Waals surface area contributed by atoms with Gasteiger partial charge in [0.05, 0.1) is 18.9 Å². The fourth-order valence-corrected chi connectivity index (χ4v) is 7.84. The largest absolute Gasteiger partial charge is 0.355 e. The Bertz CT molecular complexity index is 1130. The lowest BCUT2D eigenvalue weighted by Crippen LogP contribution is -2.43. The van der Waals surface area contributed by atoms with E-state index in [0.717, 1.165) is 50.1 Å². The Balaban J connectivity index is 1.25. The van der Waals surface area contributed by atoms with Crippen LogP contribution < -0.4 is 4.90 Å². The first kappa shape index (κ1) is 21.9. The van der Waals surface area contributed by atoms with Gasteiger partial charge >= 0.3 is 0 Å². The molecule has 12 heteroatoms. The number of alkyl halides is 2. The molecule has 0 aliphatic carbocycles. The first-order chi connectivity index (χ1) is 15.4. The average Bonchev–Trinajstić information content (AvgIpc) is 3.47. The summed E-state index contributed by atoms with van der Waals surface area (Å²) in [6.07, 6.45) is 6.16. The van der Waals surface area contributed by atoms with E-state index in [1.807, 2.05) is 6.20 Å². The number of nitrogens with zero attached hydrogens (tertiary/aromatic N) is 7. The first-order valence-electron chi connectivity index (χ1n) is 10.9. The fourth-order valence-electron chi connectivity index (χ4n) is 4.67. The zero-order chi connectivity index (χ0) is 22.3. The van der Waals surface area contributed by atoms with Gasteiger partial charge in [-0.05, 0) is 24.7 Å². The van der Waals surface area contributed by atoms with Crippen molar-refractivity contribution in [3.05, 3.63) is 28.5 Å². The molecular weight excluding hydrogens is 455 g/mol. The van der Waals surface area contributed by atoms with E-state index in [1.165, 1.54) is 15.8 Å². The highest BCUT2D eigenvalue weighted by atomic mass is 32.1. The van der Waals surface area contributed by atoms with Gasteiger partial charge in [-0.1, -0.05) is 6.92 Å². The summed E-state index contributed by atoms with van der Waals surface area (Å²) in [4.78, 5) is 16.8. The molecule has 5 heterocycles. The molecule has 0 amide bonds. The van der Waals surface area contributed by atoms with Crippen LogP contribution in [-0.2, 0) is 24.1 Å². The Morgan fingerprint density at radius 2 is 2.03 bits per heavy atom. The maximum absolute atomic E-state index is 12.9. The van der Waals surface area contributed by atoms with Gasteiger partial charge < -0.3 is 9.46 Å². The molecule has 2 fully saturated rings. The number of hydrogen-bond acceptors (Lipinski definition) is 7. The number of aromatic nitrogens is 5. The van der Waals surface area contributed by atoms with Crippen LogP contribution in [-0.4, -0.2) is 61.6 Å². The molecule has 32 heavy (non-hydrogen) atoms. The minimum absolute atomic E-state index is 0.0619. The molecule has 1 atom stereocenters. The summed E-state index contributed by atoms with van der Waals surface area (Å²) in [5, 5.41) is 5.03. The number of fused-ring (bicyclic) bond motifs is 1. The zero-order valence-corrected chi connectivity index (χ0v) is 19.7. The summed E-state index contributed by atoms with van der Waals surface area (Å²) in [5.41, 5.74) is 0.961. The number of anilines is 1. The molecule has 1 spiro atoms. The van der Waals surface area contributed by atoms with Crippen molar-refractivity contribution in [1.29, 1.82) is 0 Å². The maximum atomic E-state index is 12.9. The molecule has 3 aromatic heterocycles. The van der Waals surface area contributed by atoms with Crippen LogP contribution in [0.5, 0.6) is 0 Å². The molecular formula is C20H26F2N7OPS. The highest BCUT2D eigenvalue weighted by Gasteiger charge is 2.44. The molecule has 3 aromatic rings. The van der Waals surface area contributed by atoms with Crippen molar-refractivity contribution in [2.45, 2.75) is 45.7 Å². The number of aryl methyl sites for hydroxylation is 1. The van der Waals surface area contributed by atoms with Crippen LogP contribution in [0.1, 0.15) is 29.7 Å². The number of rotatable bonds is 6. The molecule has 0 N–H and O–H groups in total. The van der Waals surface area contributed by atoms with Gasteiger partial charge in [-0.25, -0.2) is 33.1 Å². The van der Waals surface area contributed by atoms with Crippen molar-refractivity contribution in [2.75, 3.05) is 30.7 Å². The summed E-state index contributed by atoms with van der Waals surface area (Å²) in [7, 11) is -1.79. The zero-order valence-electron chi connectivity index (χ0n) is 17.9. The maximum Gasteiger partial charge on any atom is 0.258 e. The van der Waals surface area contributed by atoms with Crippen LogP contribution in [0.25, 0.3) is 11.2 Å². The van der Waals surface area contributed by atoms with Crippen LogP contribution in [0, 0.1) is 5.41 Å². The molecule has 0 bridgehead atoms. The second-order valence-corrected chi connectivity index (χ2v) is 11.6. The SMILES string of the molecule is CCc1cnc(CN2CC3(CCN(c4cnc5cnn(CC(F)F)c5n4)CC3)C[PH]2=O)s1. The number of thiazole rings is 1. The van der Waals surface area contributed by atoms with Crippen LogP contribution >= 0.6 is 19.3 Å². The molecule has 2 aliphatic heterocycles. The molecule has 0 radical (unpaired) electrons. The lowest BCUT2D eigenvalue weighted by atomic mass is 9.80. The third-order valence-corrected chi connectivity index (χ3v) is 9.67. The minimum atomic E-state index is -2.50. The molecule has 0 saturated carbocycles. The average molecular weight is 482 g/mol. The van der Waals surface area contributed by atoms with Crippen molar-refractivity contribution < 1.29 is 13.3 Å². The third kappa shape index (κ3) is 4.30. The highest BCUT2D eigenvalue weighted by Crippen LogP contribution is 2.51. The van der Waals surface area contributed by atoms with E-state index >= 15 is 0 Å². The van der Waals surface area contributed by atoms with E-state index < -0.39 is 20.9 Å². The van der Waals surface area contributed by atoms with Gasteiger partial charge in [-0.3, -0.25) is 0 Å². The Kier molecular flexibility index (Phi) is 5.98. The van der Waals surface area contributed by atoms with Gasteiger partial charge in [-0.2, -0.15) is 5.10 Å². The molecule has 172 valence electrons. The van der Waals surface area contributed by atoms with Crippen LogP contribution in [0.4, 0.5) is 14.6 Å². The standard InChI is InChI=1S/C20H26F2N7OPS/c1-2-14-7-24-18(32-14)11-28-12-20(13-31(28)30)3-5-27(6-4-20)17-9-23-15-8-25-29(10-16(21)22)19(15)26-17/h7-9,16,31H,2-6,10-13H2,1H3. The Morgan fingerprint density at radius 3 is 2.75 bits per heavy atom. The summed E-state index contributed by atoms with van der Waals surface area (Å²) < 4.78 is 41.9. The van der Waals surface area contributed by atoms with Crippen molar-refractivity contribution in [1.82, 2.24) is 29.4 Å². The lowest BCUT2D eigenvalue weighted by Gasteiger charge is -2.39. The number of halogens is 2. The molecule has 2 aliphatic rings. The van der Waals surface area contributed by atoms with E-state index in [0.29, 0.717) is 23.5 Å². The van der Waals surface area contributed by atoms with Gasteiger partial charge in [0.2, 0.25) is 0 Å². The smallest absolute Gasteiger partial charge is 0.258 e. The van der Waals surface area contributed by atoms with Gasteiger partial charge in [0.25, 0.3) is 6.43 Å². The van der Waals surface area contributed by atoms with E-state index in [9.17, 15) is 13.3 Å². The molecule has 0 aromatic carbocycles. The molecule has 5 rings (SSSR count). The van der Waals surface area contributed by atoms with E-state index in [1.54, 1.807) is 17.5 Å². The van der Waals surface area contributed by atoms with Crippen molar-refractivity contribution in [2.24, 2.45) is 5.41 Å². The Labute approximate surface area is 189 Å². The van der Waals surface area contributed by atoms with Gasteiger partial charge in [0.15, 0.2) is 5.65 Å². The number of hydrogen-bond donors (Lipinski definition) is 0. The van der Waals surface area contributed by atoms with Crippen LogP contribution in [0.3, 0.4) is 0 Å². The second kappa shape index (κ2) is 8.76. The van der Waals surface area contributed by atoms with Crippen LogP contribution in [0.2, 0.25) is 0 Å². The summed E-state index contributed by atoms with van der Waals surface area (Å²) in [5.74, 6) is 0.681. The van der Waals surface area contributed by atoms with E-state index in [2.05, 4.69) is 36.5 Å². The predicted molar refractivity (Wildman–Crippen MR) is 121 cm³/mol. The summed E-state index contributed by atoms with van der Waals surface area (Å²) in [6, 6.07) is 0. The topological polar surface area (TPSA) is 80.0 Å². The normalized spacial score (nSPS) is 21.4. The lowest BCUT2D eigenvalue weighted by molar-refractivity contribution is 0.123. The summed E-state index contributed by atoms with van der Waals surface area (Å²) >= 11 is 1.71. The van der Waals surface area contributed by atoms with Gasteiger partial charge in [0.1, 0.15) is 30.8 Å². The Morgan fingerprint density at radius 1 is 1.22 bits per heavy atom. The quantitative estimate of drug-likeness (QED) is 0.497. The van der Waals surface area contributed by atoms with E-state index in [4.69, 9.17) is 0 Å². The van der Waals surface area contributed by atoms with Gasteiger partial charge in [-0.15, -0.1) is 11.3 Å². The van der Waals surface area contributed by atoms with Gasteiger partial charge in [0, 0.05) is 36.9 Å². The Hall–Kier alpha value is -1.97. The monoisotopic (exact) mass is 481 g/mol.